The highest BCUT2D eigenvalue weighted by Crippen LogP contribution is 2.34. The topological polar surface area (TPSA) is 75.7 Å². The summed E-state index contributed by atoms with van der Waals surface area (Å²) in [7, 11) is 1.61. The minimum Gasteiger partial charge on any atom is -0.463 e. The molecule has 0 saturated carbocycles. The number of amides is 2. The first-order chi connectivity index (χ1) is 13.9. The van der Waals surface area contributed by atoms with Gasteiger partial charge in [0.1, 0.15) is 5.54 Å². The van der Waals surface area contributed by atoms with Crippen LogP contribution in [-0.4, -0.2) is 41.9 Å². The minimum absolute atomic E-state index is 0.203. The maximum atomic E-state index is 13.3. The number of esters is 1. The molecule has 0 spiro atoms. The van der Waals surface area contributed by atoms with Gasteiger partial charge in [-0.3, -0.25) is 9.59 Å². The summed E-state index contributed by atoms with van der Waals surface area (Å²) in [5.41, 5.74) is 0.720. The molecule has 1 fully saturated rings. The van der Waals surface area contributed by atoms with Crippen molar-refractivity contribution in [1.82, 2.24) is 10.2 Å². The molecule has 1 atom stereocenters. The van der Waals surface area contributed by atoms with Crippen LogP contribution in [0.25, 0.3) is 0 Å². The number of ether oxygens (including phenoxy) is 1. The van der Waals surface area contributed by atoms with E-state index in [4.69, 9.17) is 4.74 Å². The second kappa shape index (κ2) is 8.73. The molecule has 2 aromatic carbocycles. The van der Waals surface area contributed by atoms with Gasteiger partial charge in [-0.1, -0.05) is 48.5 Å². The summed E-state index contributed by atoms with van der Waals surface area (Å²) in [6, 6.07) is 18.3. The lowest BCUT2D eigenvalue weighted by Crippen LogP contribution is -2.55. The van der Waals surface area contributed by atoms with E-state index >= 15 is 0 Å². The van der Waals surface area contributed by atoms with E-state index in [0.29, 0.717) is 17.7 Å². The molecule has 1 N–H and O–H groups in total. The Labute approximate surface area is 170 Å². The van der Waals surface area contributed by atoms with Gasteiger partial charge in [-0.25, -0.2) is 4.79 Å². The molecule has 0 bridgehead atoms. The van der Waals surface area contributed by atoms with Gasteiger partial charge in [-0.2, -0.15) is 0 Å². The molecule has 3 rings (SSSR count). The Morgan fingerprint density at radius 2 is 1.72 bits per heavy atom. The average molecular weight is 392 g/mol. The third-order valence-corrected chi connectivity index (χ3v) is 4.94. The highest BCUT2D eigenvalue weighted by atomic mass is 16.5. The molecule has 0 radical (unpaired) electrons. The minimum atomic E-state index is -1.18. The predicted octanol–water partition coefficient (Wildman–Crippen LogP) is 2.71. The van der Waals surface area contributed by atoms with E-state index < -0.39 is 11.5 Å². The lowest BCUT2D eigenvalue weighted by atomic mass is 9.88. The Hall–Kier alpha value is -3.41. The number of likely N-dealkylation sites (tertiary alicyclic amines) is 1. The Kier molecular flexibility index (Phi) is 6.12. The molecule has 0 unspecified atom stereocenters. The highest BCUT2D eigenvalue weighted by molar-refractivity contribution is 6.01. The van der Waals surface area contributed by atoms with E-state index in [1.807, 2.05) is 36.4 Å². The number of nitrogens with zero attached hydrogens (tertiary/aromatic N) is 1. The van der Waals surface area contributed by atoms with Crippen molar-refractivity contribution < 1.29 is 19.1 Å². The molecule has 1 heterocycles. The van der Waals surface area contributed by atoms with Crippen molar-refractivity contribution in [3.05, 3.63) is 83.6 Å². The van der Waals surface area contributed by atoms with Gasteiger partial charge in [0.05, 0.1) is 6.61 Å². The largest absolute Gasteiger partial charge is 0.463 e. The molecule has 150 valence electrons. The van der Waals surface area contributed by atoms with Gasteiger partial charge >= 0.3 is 5.97 Å². The summed E-state index contributed by atoms with van der Waals surface area (Å²) in [6.45, 7) is 1.97. The molecule has 1 saturated heterocycles. The fraction of sp³-hybridized carbons (Fsp3) is 0.261. The van der Waals surface area contributed by atoms with E-state index in [1.54, 1.807) is 38.2 Å². The normalized spacial score (nSPS) is 20.0. The summed E-state index contributed by atoms with van der Waals surface area (Å²) in [5, 5.41) is 2.95. The van der Waals surface area contributed by atoms with Crippen LogP contribution < -0.4 is 5.32 Å². The number of nitrogens with one attached hydrogen (secondary N) is 1. The summed E-state index contributed by atoms with van der Waals surface area (Å²) in [6.07, 6.45) is 1.84. The van der Waals surface area contributed by atoms with Crippen molar-refractivity contribution in [1.29, 1.82) is 0 Å². The van der Waals surface area contributed by atoms with Crippen LogP contribution >= 0.6 is 0 Å². The number of rotatable bonds is 6. The Bertz CT molecular complexity index is 924. The van der Waals surface area contributed by atoms with Gasteiger partial charge in [-0.15, -0.1) is 0 Å². The molecular weight excluding hydrogens is 368 g/mol. The number of hydrogen-bond donors (Lipinski definition) is 1. The fourth-order valence-electron chi connectivity index (χ4n) is 3.53. The van der Waals surface area contributed by atoms with Crippen LogP contribution in [0.5, 0.6) is 0 Å². The Morgan fingerprint density at radius 3 is 2.34 bits per heavy atom. The van der Waals surface area contributed by atoms with Gasteiger partial charge < -0.3 is 15.0 Å². The maximum Gasteiger partial charge on any atom is 0.332 e. The van der Waals surface area contributed by atoms with E-state index in [2.05, 4.69) is 5.32 Å². The third kappa shape index (κ3) is 4.54. The molecule has 1 aliphatic heterocycles. The molecular formula is C23H24N2O4. The van der Waals surface area contributed by atoms with Gasteiger partial charge in [-0.05, 0) is 24.6 Å². The molecule has 0 aromatic heterocycles. The summed E-state index contributed by atoms with van der Waals surface area (Å²) >= 11 is 0. The smallest absolute Gasteiger partial charge is 0.332 e. The SMILES string of the molecule is CCOC(=O)/C=C1/C[C@](Cc2ccccc2)(NC(=O)c2ccccc2)C(=O)N1C. The van der Waals surface area contributed by atoms with E-state index in [0.717, 1.165) is 5.56 Å². The zero-order valence-electron chi connectivity index (χ0n) is 16.6. The Morgan fingerprint density at radius 1 is 1.10 bits per heavy atom. The second-order valence-electron chi connectivity index (χ2n) is 6.99. The number of carbonyl (C=O) groups excluding carboxylic acids is 3. The zero-order valence-corrected chi connectivity index (χ0v) is 16.6. The zero-order chi connectivity index (χ0) is 20.9. The lowest BCUT2D eigenvalue weighted by Gasteiger charge is -2.28. The van der Waals surface area contributed by atoms with Crippen molar-refractivity contribution in [3.8, 4) is 0 Å². The molecule has 0 aliphatic carbocycles. The van der Waals surface area contributed by atoms with Gasteiger partial charge in [0.25, 0.3) is 11.8 Å². The van der Waals surface area contributed by atoms with Crippen molar-refractivity contribution >= 4 is 17.8 Å². The van der Waals surface area contributed by atoms with Crippen LogP contribution in [0.3, 0.4) is 0 Å². The first-order valence-electron chi connectivity index (χ1n) is 9.52. The van der Waals surface area contributed by atoms with Crippen LogP contribution in [0.1, 0.15) is 29.3 Å². The monoisotopic (exact) mass is 392 g/mol. The molecule has 2 aromatic rings. The van der Waals surface area contributed by atoms with E-state index in [-0.39, 0.29) is 24.8 Å². The van der Waals surface area contributed by atoms with Crippen molar-refractivity contribution in [2.75, 3.05) is 13.7 Å². The summed E-state index contributed by atoms with van der Waals surface area (Å²) < 4.78 is 4.98. The third-order valence-electron chi connectivity index (χ3n) is 4.94. The van der Waals surface area contributed by atoms with Crippen molar-refractivity contribution in [2.45, 2.75) is 25.3 Å². The first kappa shape index (κ1) is 20.3. The molecule has 6 heteroatoms. The van der Waals surface area contributed by atoms with Crippen LogP contribution in [0.2, 0.25) is 0 Å². The lowest BCUT2D eigenvalue weighted by molar-refractivity contribution is -0.137. The van der Waals surface area contributed by atoms with Crippen LogP contribution in [0.15, 0.2) is 72.4 Å². The second-order valence-corrected chi connectivity index (χ2v) is 6.99. The van der Waals surface area contributed by atoms with E-state index in [9.17, 15) is 14.4 Å². The van der Waals surface area contributed by atoms with Crippen LogP contribution in [0.4, 0.5) is 0 Å². The Balaban J connectivity index is 1.95. The molecule has 2 amide bonds. The standard InChI is InChI=1S/C23H24N2O4/c1-3-29-20(26)14-19-16-23(22(28)25(19)2,15-17-10-6-4-7-11-17)24-21(27)18-12-8-5-9-13-18/h4-14H,3,15-16H2,1-2H3,(H,24,27)/b19-14-/t23-/m0/s1. The quantitative estimate of drug-likeness (QED) is 0.606. The van der Waals surface area contributed by atoms with Crippen molar-refractivity contribution in [3.63, 3.8) is 0 Å². The van der Waals surface area contributed by atoms with Crippen LogP contribution in [-0.2, 0) is 20.7 Å². The number of benzene rings is 2. The number of hydrogen-bond acceptors (Lipinski definition) is 4. The fourth-order valence-corrected chi connectivity index (χ4v) is 3.53. The van der Waals surface area contributed by atoms with Crippen molar-refractivity contribution in [2.24, 2.45) is 0 Å². The van der Waals surface area contributed by atoms with Gasteiger partial charge in [0, 0.05) is 37.2 Å². The van der Waals surface area contributed by atoms with Gasteiger partial charge in [0.2, 0.25) is 0 Å². The maximum absolute atomic E-state index is 13.3. The average Bonchev–Trinajstić information content (AvgIpc) is 2.94. The number of carbonyl (C=O) groups is 3. The number of likely N-dealkylation sites (N-methyl/N-ethyl adjacent to an activating group) is 1. The summed E-state index contributed by atoms with van der Waals surface area (Å²) in [5.74, 6) is -1.10. The molecule has 29 heavy (non-hydrogen) atoms. The summed E-state index contributed by atoms with van der Waals surface area (Å²) in [4.78, 5) is 39.5. The molecule has 1 aliphatic rings. The van der Waals surface area contributed by atoms with Crippen LogP contribution in [0, 0.1) is 0 Å². The van der Waals surface area contributed by atoms with E-state index in [1.165, 1.54) is 11.0 Å². The first-order valence-corrected chi connectivity index (χ1v) is 9.52. The predicted molar refractivity (Wildman–Crippen MR) is 109 cm³/mol. The van der Waals surface area contributed by atoms with Gasteiger partial charge in [0.15, 0.2) is 0 Å². The molecule has 6 nitrogen and oxygen atoms in total. The highest BCUT2D eigenvalue weighted by Gasteiger charge is 2.49.